The fourth-order valence-corrected chi connectivity index (χ4v) is 1.69. The summed E-state index contributed by atoms with van der Waals surface area (Å²) in [6.45, 7) is 1.77. The standard InChI is InChI=1S/C13H13N5O4/c1-8-5-10(16-15-8)13(19)17-14-7-9-3-4-12(22-2)11(6-9)18(20)21/h3-7H,1-2H3,(H,15,16)(H,17,19). The maximum Gasteiger partial charge on any atom is 0.311 e. The van der Waals surface area contributed by atoms with Crippen LogP contribution in [0.5, 0.6) is 5.75 Å². The zero-order valence-electron chi connectivity index (χ0n) is 11.9. The van der Waals surface area contributed by atoms with E-state index in [-0.39, 0.29) is 17.1 Å². The van der Waals surface area contributed by atoms with Crippen molar-refractivity contribution in [1.82, 2.24) is 15.6 Å². The van der Waals surface area contributed by atoms with E-state index >= 15 is 0 Å². The second-order valence-corrected chi connectivity index (χ2v) is 4.32. The van der Waals surface area contributed by atoms with Gasteiger partial charge in [-0.25, -0.2) is 5.43 Å². The van der Waals surface area contributed by atoms with Crippen LogP contribution in [0.1, 0.15) is 21.7 Å². The molecule has 0 radical (unpaired) electrons. The number of hydrogen-bond donors (Lipinski definition) is 2. The van der Waals surface area contributed by atoms with Gasteiger partial charge in [-0.05, 0) is 25.1 Å². The van der Waals surface area contributed by atoms with Gasteiger partial charge in [0.05, 0.1) is 18.2 Å². The van der Waals surface area contributed by atoms with E-state index in [2.05, 4.69) is 20.7 Å². The molecule has 2 aromatic rings. The highest BCUT2D eigenvalue weighted by Gasteiger charge is 2.14. The van der Waals surface area contributed by atoms with Crippen molar-refractivity contribution in [1.29, 1.82) is 0 Å². The van der Waals surface area contributed by atoms with E-state index in [0.29, 0.717) is 5.56 Å². The van der Waals surface area contributed by atoms with Crippen molar-refractivity contribution in [2.24, 2.45) is 5.10 Å². The molecule has 0 atom stereocenters. The van der Waals surface area contributed by atoms with Gasteiger partial charge in [0.2, 0.25) is 0 Å². The Balaban J connectivity index is 2.08. The maximum atomic E-state index is 11.7. The summed E-state index contributed by atoms with van der Waals surface area (Å²) < 4.78 is 4.90. The SMILES string of the molecule is COc1ccc(C=NNC(=O)c2cc(C)[nH]n2)cc1[N+](=O)[O-]. The molecule has 0 aliphatic rings. The van der Waals surface area contributed by atoms with Gasteiger partial charge >= 0.3 is 5.69 Å². The van der Waals surface area contributed by atoms with Gasteiger partial charge in [-0.3, -0.25) is 20.0 Å². The number of rotatable bonds is 5. The normalized spacial score (nSPS) is 10.6. The van der Waals surface area contributed by atoms with E-state index in [1.807, 2.05) is 0 Å². The first kappa shape index (κ1) is 15.2. The van der Waals surface area contributed by atoms with Crippen LogP contribution in [0.2, 0.25) is 0 Å². The first-order chi connectivity index (χ1) is 10.5. The summed E-state index contributed by atoms with van der Waals surface area (Å²) in [6, 6.07) is 5.91. The number of hydrazone groups is 1. The number of carbonyl (C=O) groups is 1. The predicted octanol–water partition coefficient (Wildman–Crippen LogP) is 1.40. The molecule has 22 heavy (non-hydrogen) atoms. The van der Waals surface area contributed by atoms with Gasteiger partial charge in [-0.2, -0.15) is 10.2 Å². The molecule has 1 aromatic heterocycles. The summed E-state index contributed by atoms with van der Waals surface area (Å²) in [6.07, 6.45) is 1.30. The van der Waals surface area contributed by atoms with Crippen LogP contribution in [0, 0.1) is 17.0 Å². The van der Waals surface area contributed by atoms with Gasteiger partial charge in [-0.15, -0.1) is 0 Å². The second kappa shape index (κ2) is 6.48. The van der Waals surface area contributed by atoms with Crippen LogP contribution in [0.4, 0.5) is 5.69 Å². The highest BCUT2D eigenvalue weighted by molar-refractivity contribution is 5.93. The third kappa shape index (κ3) is 3.45. The number of benzene rings is 1. The van der Waals surface area contributed by atoms with Crippen LogP contribution >= 0.6 is 0 Å². The number of amides is 1. The molecule has 0 aliphatic heterocycles. The van der Waals surface area contributed by atoms with E-state index in [1.54, 1.807) is 19.1 Å². The Morgan fingerprint density at radius 2 is 2.27 bits per heavy atom. The molecule has 1 aromatic carbocycles. The lowest BCUT2D eigenvalue weighted by Crippen LogP contribution is -2.18. The fourth-order valence-electron chi connectivity index (χ4n) is 1.69. The minimum atomic E-state index is -0.554. The Morgan fingerprint density at radius 3 is 2.86 bits per heavy atom. The molecule has 1 amide bonds. The molecule has 1 heterocycles. The maximum absolute atomic E-state index is 11.7. The Hall–Kier alpha value is -3.23. The van der Waals surface area contributed by atoms with Crippen LogP contribution < -0.4 is 10.2 Å². The molecule has 114 valence electrons. The smallest absolute Gasteiger partial charge is 0.311 e. The third-order valence-corrected chi connectivity index (χ3v) is 2.72. The van der Waals surface area contributed by atoms with Crippen molar-refractivity contribution in [2.45, 2.75) is 6.92 Å². The van der Waals surface area contributed by atoms with Crippen LogP contribution in [0.15, 0.2) is 29.4 Å². The summed E-state index contributed by atoms with van der Waals surface area (Å²) in [4.78, 5) is 22.0. The van der Waals surface area contributed by atoms with Gasteiger partial charge in [0.25, 0.3) is 5.91 Å². The van der Waals surface area contributed by atoms with E-state index in [4.69, 9.17) is 4.74 Å². The van der Waals surface area contributed by atoms with Crippen LogP contribution in [0.25, 0.3) is 0 Å². The van der Waals surface area contributed by atoms with Crippen LogP contribution in [0.3, 0.4) is 0 Å². The number of methoxy groups -OCH3 is 1. The molecular weight excluding hydrogens is 290 g/mol. The lowest BCUT2D eigenvalue weighted by molar-refractivity contribution is -0.385. The molecule has 0 saturated carbocycles. The number of nitrogens with zero attached hydrogens (tertiary/aromatic N) is 3. The summed E-state index contributed by atoms with van der Waals surface area (Å²) in [5.41, 5.74) is 3.51. The Morgan fingerprint density at radius 1 is 1.50 bits per heavy atom. The lowest BCUT2D eigenvalue weighted by Gasteiger charge is -2.01. The molecule has 0 saturated heterocycles. The van der Waals surface area contributed by atoms with Gasteiger partial charge in [0.15, 0.2) is 11.4 Å². The molecule has 9 nitrogen and oxygen atoms in total. The molecule has 0 aliphatic carbocycles. The molecule has 0 fully saturated rings. The second-order valence-electron chi connectivity index (χ2n) is 4.32. The third-order valence-electron chi connectivity index (χ3n) is 2.72. The summed E-state index contributed by atoms with van der Waals surface area (Å²) in [5, 5.41) is 21.1. The van der Waals surface area contributed by atoms with Crippen LogP contribution in [-0.2, 0) is 0 Å². The van der Waals surface area contributed by atoms with Gasteiger partial charge in [0, 0.05) is 17.3 Å². The number of aromatic nitrogens is 2. The van der Waals surface area contributed by atoms with E-state index in [0.717, 1.165) is 5.69 Å². The van der Waals surface area contributed by atoms with Crippen molar-refractivity contribution in [3.05, 3.63) is 51.3 Å². The minimum absolute atomic E-state index is 0.151. The molecule has 0 spiro atoms. The number of ether oxygens (including phenoxy) is 1. The highest BCUT2D eigenvalue weighted by atomic mass is 16.6. The quantitative estimate of drug-likeness (QED) is 0.491. The number of nitro benzene ring substituents is 1. The first-order valence-electron chi connectivity index (χ1n) is 6.19. The fraction of sp³-hybridized carbons (Fsp3) is 0.154. The highest BCUT2D eigenvalue weighted by Crippen LogP contribution is 2.26. The molecule has 2 rings (SSSR count). The monoisotopic (exact) mass is 303 g/mol. The first-order valence-corrected chi connectivity index (χ1v) is 6.19. The molecular formula is C13H13N5O4. The summed E-state index contributed by atoms with van der Waals surface area (Å²) >= 11 is 0. The number of H-pyrrole nitrogens is 1. The Labute approximate surface area is 125 Å². The van der Waals surface area contributed by atoms with Crippen molar-refractivity contribution in [2.75, 3.05) is 7.11 Å². The molecule has 2 N–H and O–H groups in total. The molecule has 0 bridgehead atoms. The van der Waals surface area contributed by atoms with Crippen molar-refractivity contribution in [3.8, 4) is 5.75 Å². The Kier molecular flexibility index (Phi) is 4.47. The van der Waals surface area contributed by atoms with Gasteiger partial charge in [0.1, 0.15) is 0 Å². The van der Waals surface area contributed by atoms with Crippen molar-refractivity contribution >= 4 is 17.8 Å². The van der Waals surface area contributed by atoms with Gasteiger partial charge < -0.3 is 4.74 Å². The number of aryl methyl sites for hydroxylation is 1. The zero-order chi connectivity index (χ0) is 16.1. The number of nitrogens with one attached hydrogen (secondary N) is 2. The topological polar surface area (TPSA) is 123 Å². The summed E-state index contributed by atoms with van der Waals surface area (Å²) in [7, 11) is 1.35. The molecule has 9 heteroatoms. The number of aromatic amines is 1. The van der Waals surface area contributed by atoms with Crippen molar-refractivity contribution in [3.63, 3.8) is 0 Å². The Bertz CT molecular complexity index is 738. The summed E-state index contributed by atoms with van der Waals surface area (Å²) in [5.74, 6) is -0.332. The zero-order valence-corrected chi connectivity index (χ0v) is 11.9. The molecule has 0 unspecified atom stereocenters. The predicted molar refractivity (Wildman–Crippen MR) is 78.0 cm³/mol. The average molecular weight is 303 g/mol. The average Bonchev–Trinajstić information content (AvgIpc) is 2.93. The van der Waals surface area contributed by atoms with E-state index in [1.165, 1.54) is 25.5 Å². The van der Waals surface area contributed by atoms with Gasteiger partial charge in [-0.1, -0.05) is 0 Å². The largest absolute Gasteiger partial charge is 0.490 e. The minimum Gasteiger partial charge on any atom is -0.490 e. The lowest BCUT2D eigenvalue weighted by atomic mass is 10.2. The van der Waals surface area contributed by atoms with E-state index in [9.17, 15) is 14.9 Å². The van der Waals surface area contributed by atoms with E-state index < -0.39 is 10.8 Å². The van der Waals surface area contributed by atoms with Crippen LogP contribution in [-0.4, -0.2) is 34.4 Å². The van der Waals surface area contributed by atoms with Crippen molar-refractivity contribution < 1.29 is 14.5 Å². The number of carbonyl (C=O) groups excluding carboxylic acids is 1. The number of nitro groups is 1. The number of hydrogen-bond acceptors (Lipinski definition) is 6.